The van der Waals surface area contributed by atoms with Crippen LogP contribution in [0.25, 0.3) is 0 Å². The largest absolute Gasteiger partial charge is 0.481 e. The Kier molecular flexibility index (Phi) is 4.66. The van der Waals surface area contributed by atoms with E-state index in [2.05, 4.69) is 17.5 Å². The van der Waals surface area contributed by atoms with Gasteiger partial charge in [-0.25, -0.2) is 0 Å². The molecule has 0 saturated carbocycles. The molecule has 0 fully saturated rings. The first-order valence-corrected chi connectivity index (χ1v) is 5.28. The second kappa shape index (κ2) is 5.81. The van der Waals surface area contributed by atoms with Crippen LogP contribution in [0.3, 0.4) is 0 Å². The van der Waals surface area contributed by atoms with Crippen LogP contribution in [0.1, 0.15) is 32.6 Å². The van der Waals surface area contributed by atoms with E-state index in [4.69, 9.17) is 5.11 Å². The van der Waals surface area contributed by atoms with Gasteiger partial charge in [0.15, 0.2) is 0 Å². The summed E-state index contributed by atoms with van der Waals surface area (Å²) in [7, 11) is 0. The van der Waals surface area contributed by atoms with E-state index in [1.807, 2.05) is 6.92 Å². The van der Waals surface area contributed by atoms with E-state index in [9.17, 15) is 4.79 Å². The molecule has 0 spiro atoms. The van der Waals surface area contributed by atoms with E-state index >= 15 is 0 Å². The summed E-state index contributed by atoms with van der Waals surface area (Å²) in [6.45, 7) is 2.87. The molecule has 0 aliphatic heterocycles. The van der Waals surface area contributed by atoms with Crippen LogP contribution in [0.4, 0.5) is 0 Å². The molecule has 0 aromatic heterocycles. The van der Waals surface area contributed by atoms with Crippen molar-refractivity contribution in [3.05, 3.63) is 12.2 Å². The Morgan fingerprint density at radius 3 is 3.00 bits per heavy atom. The number of allylic oxidation sites excluding steroid dienone is 2. The summed E-state index contributed by atoms with van der Waals surface area (Å²) >= 11 is 0. The number of carboxylic acids is 1. The fourth-order valence-corrected chi connectivity index (χ4v) is 1.74. The van der Waals surface area contributed by atoms with Crippen LogP contribution >= 0.6 is 0 Å². The zero-order valence-corrected chi connectivity index (χ0v) is 8.70. The first-order valence-electron chi connectivity index (χ1n) is 5.28. The number of carboxylic acid groups (broad SMARTS) is 1. The summed E-state index contributed by atoms with van der Waals surface area (Å²) in [5, 5.41) is 11.8. The van der Waals surface area contributed by atoms with Gasteiger partial charge in [-0.05, 0) is 38.6 Å². The van der Waals surface area contributed by atoms with Crippen LogP contribution in [-0.4, -0.2) is 23.7 Å². The maximum absolute atomic E-state index is 10.4. The van der Waals surface area contributed by atoms with Gasteiger partial charge in [-0.2, -0.15) is 0 Å². The predicted octanol–water partition coefficient (Wildman–Crippen LogP) is 1.80. The lowest BCUT2D eigenvalue weighted by atomic mass is 9.94. The summed E-state index contributed by atoms with van der Waals surface area (Å²) in [5.41, 5.74) is 0. The van der Waals surface area contributed by atoms with Crippen LogP contribution in [0.2, 0.25) is 0 Å². The van der Waals surface area contributed by atoms with Crippen LogP contribution in [-0.2, 0) is 4.79 Å². The Hall–Kier alpha value is -0.830. The van der Waals surface area contributed by atoms with Crippen molar-refractivity contribution < 1.29 is 9.90 Å². The average molecular weight is 197 g/mol. The third-order valence-corrected chi connectivity index (χ3v) is 2.61. The monoisotopic (exact) mass is 197 g/mol. The molecule has 0 aromatic carbocycles. The van der Waals surface area contributed by atoms with E-state index in [0.29, 0.717) is 5.92 Å². The second-order valence-corrected chi connectivity index (χ2v) is 4.06. The topological polar surface area (TPSA) is 49.3 Å². The molecule has 80 valence electrons. The molecular weight excluding hydrogens is 178 g/mol. The summed E-state index contributed by atoms with van der Waals surface area (Å²) in [6.07, 6.45) is 8.17. The number of hydrogen-bond acceptors (Lipinski definition) is 2. The highest BCUT2D eigenvalue weighted by Crippen LogP contribution is 2.17. The molecule has 2 atom stereocenters. The zero-order valence-electron chi connectivity index (χ0n) is 8.70. The minimum atomic E-state index is -0.728. The van der Waals surface area contributed by atoms with Gasteiger partial charge in [-0.3, -0.25) is 4.79 Å². The van der Waals surface area contributed by atoms with Gasteiger partial charge in [-0.15, -0.1) is 0 Å². The summed E-state index contributed by atoms with van der Waals surface area (Å²) in [6, 6.07) is 0.0819. The predicted molar refractivity (Wildman–Crippen MR) is 56.2 cm³/mol. The summed E-state index contributed by atoms with van der Waals surface area (Å²) in [4.78, 5) is 10.4. The lowest BCUT2D eigenvalue weighted by Gasteiger charge is -2.20. The van der Waals surface area contributed by atoms with Gasteiger partial charge in [0.05, 0.1) is 6.42 Å². The van der Waals surface area contributed by atoms with Gasteiger partial charge in [0.1, 0.15) is 0 Å². The lowest BCUT2D eigenvalue weighted by Crippen LogP contribution is -2.33. The van der Waals surface area contributed by atoms with Crippen molar-refractivity contribution in [2.24, 2.45) is 5.92 Å². The van der Waals surface area contributed by atoms with Crippen LogP contribution in [0.5, 0.6) is 0 Å². The maximum atomic E-state index is 10.4. The van der Waals surface area contributed by atoms with Crippen molar-refractivity contribution in [2.75, 3.05) is 6.54 Å². The number of nitrogens with one attached hydrogen (secondary N) is 1. The summed E-state index contributed by atoms with van der Waals surface area (Å²) in [5.74, 6) is -0.0372. The maximum Gasteiger partial charge on any atom is 0.304 e. The molecule has 0 amide bonds. The molecule has 0 heterocycles. The molecule has 0 saturated heterocycles. The number of carbonyl (C=O) groups is 1. The van der Waals surface area contributed by atoms with Gasteiger partial charge in [0.25, 0.3) is 0 Å². The van der Waals surface area contributed by atoms with Crippen molar-refractivity contribution >= 4 is 5.97 Å². The zero-order chi connectivity index (χ0) is 10.4. The number of rotatable bonds is 5. The minimum absolute atomic E-state index is 0.0819. The summed E-state index contributed by atoms with van der Waals surface area (Å²) < 4.78 is 0. The van der Waals surface area contributed by atoms with Crippen molar-refractivity contribution in [2.45, 2.75) is 38.6 Å². The standard InChI is InChI=1S/C11H19NO2/c1-9(7-11(13)14)12-8-10-5-3-2-4-6-10/h2-3,9-10,12H,4-8H2,1H3,(H,13,14). The molecule has 0 aromatic rings. The van der Waals surface area contributed by atoms with E-state index in [0.717, 1.165) is 13.0 Å². The van der Waals surface area contributed by atoms with Gasteiger partial charge >= 0.3 is 5.97 Å². The third kappa shape index (κ3) is 4.42. The first-order chi connectivity index (χ1) is 6.68. The molecule has 0 radical (unpaired) electrons. The minimum Gasteiger partial charge on any atom is -0.481 e. The van der Waals surface area contributed by atoms with Crippen molar-refractivity contribution in [3.8, 4) is 0 Å². The van der Waals surface area contributed by atoms with Crippen molar-refractivity contribution in [1.29, 1.82) is 0 Å². The highest BCUT2D eigenvalue weighted by molar-refractivity contribution is 5.67. The van der Waals surface area contributed by atoms with Gasteiger partial charge in [0, 0.05) is 6.04 Å². The first kappa shape index (κ1) is 11.2. The molecule has 2 N–H and O–H groups in total. The molecule has 14 heavy (non-hydrogen) atoms. The second-order valence-electron chi connectivity index (χ2n) is 4.06. The van der Waals surface area contributed by atoms with Gasteiger partial charge < -0.3 is 10.4 Å². The fourth-order valence-electron chi connectivity index (χ4n) is 1.74. The van der Waals surface area contributed by atoms with Crippen LogP contribution < -0.4 is 5.32 Å². The number of aliphatic carboxylic acids is 1. The smallest absolute Gasteiger partial charge is 0.304 e. The van der Waals surface area contributed by atoms with E-state index in [-0.39, 0.29) is 12.5 Å². The molecule has 0 bridgehead atoms. The highest BCUT2D eigenvalue weighted by atomic mass is 16.4. The normalized spacial score (nSPS) is 23.4. The molecule has 3 heteroatoms. The van der Waals surface area contributed by atoms with E-state index in [1.165, 1.54) is 12.8 Å². The van der Waals surface area contributed by atoms with Gasteiger partial charge in [0.2, 0.25) is 0 Å². The van der Waals surface area contributed by atoms with E-state index in [1.54, 1.807) is 0 Å². The lowest BCUT2D eigenvalue weighted by molar-refractivity contribution is -0.137. The Morgan fingerprint density at radius 1 is 1.64 bits per heavy atom. The number of hydrogen-bond donors (Lipinski definition) is 2. The van der Waals surface area contributed by atoms with Crippen LogP contribution in [0.15, 0.2) is 12.2 Å². The highest BCUT2D eigenvalue weighted by Gasteiger charge is 2.12. The Balaban J connectivity index is 2.13. The Morgan fingerprint density at radius 2 is 2.43 bits per heavy atom. The molecule has 1 rings (SSSR count). The third-order valence-electron chi connectivity index (χ3n) is 2.61. The molecule has 3 nitrogen and oxygen atoms in total. The van der Waals surface area contributed by atoms with Crippen molar-refractivity contribution in [3.63, 3.8) is 0 Å². The Labute approximate surface area is 85.2 Å². The molecule has 1 aliphatic rings. The van der Waals surface area contributed by atoms with Crippen LogP contribution in [0, 0.1) is 5.92 Å². The van der Waals surface area contributed by atoms with Gasteiger partial charge in [-0.1, -0.05) is 12.2 Å². The fraction of sp³-hybridized carbons (Fsp3) is 0.727. The van der Waals surface area contributed by atoms with E-state index < -0.39 is 5.97 Å². The molecule has 1 aliphatic carbocycles. The SMILES string of the molecule is CC(CC(=O)O)NCC1CC=CCC1. The quantitative estimate of drug-likeness (QED) is 0.661. The molecular formula is C11H19NO2. The van der Waals surface area contributed by atoms with Crippen molar-refractivity contribution in [1.82, 2.24) is 5.32 Å². The Bertz CT molecular complexity index is 213. The average Bonchev–Trinajstić information content (AvgIpc) is 2.15. The molecule has 2 unspecified atom stereocenters.